The molecule has 168 valence electrons. The SMILES string of the molecule is CC(C)(c1ccccc1)N1C2CC(F)C1CN(c1nc(Cl)nc3c(F)c(Br)c(F)cc13)C2. The second kappa shape index (κ2) is 7.85. The summed E-state index contributed by atoms with van der Waals surface area (Å²) in [5.74, 6) is -1.26. The third-order valence-corrected chi connectivity index (χ3v) is 7.60. The van der Waals surface area contributed by atoms with Gasteiger partial charge in [-0.3, -0.25) is 4.90 Å². The van der Waals surface area contributed by atoms with Crippen LogP contribution in [-0.2, 0) is 5.54 Å². The molecule has 2 aliphatic rings. The Morgan fingerprint density at radius 3 is 2.53 bits per heavy atom. The van der Waals surface area contributed by atoms with Crippen molar-refractivity contribution in [2.24, 2.45) is 0 Å². The van der Waals surface area contributed by atoms with Crippen LogP contribution in [0.1, 0.15) is 25.8 Å². The lowest BCUT2D eigenvalue weighted by atomic mass is 9.89. The molecule has 0 aliphatic carbocycles. The Kier molecular flexibility index (Phi) is 5.38. The molecule has 1 aromatic heterocycles. The van der Waals surface area contributed by atoms with Gasteiger partial charge in [0.15, 0.2) is 5.82 Å². The molecule has 3 atom stereocenters. The van der Waals surface area contributed by atoms with Gasteiger partial charge in [-0.05, 0) is 59.4 Å². The smallest absolute Gasteiger partial charge is 0.225 e. The van der Waals surface area contributed by atoms with Crippen LogP contribution in [0.5, 0.6) is 0 Å². The number of fused-ring (bicyclic) bond motifs is 3. The lowest BCUT2D eigenvalue weighted by molar-refractivity contribution is 0.0364. The molecule has 3 unspecified atom stereocenters. The van der Waals surface area contributed by atoms with Gasteiger partial charge < -0.3 is 4.90 Å². The van der Waals surface area contributed by atoms with Gasteiger partial charge >= 0.3 is 0 Å². The molecule has 0 saturated carbocycles. The number of alkyl halides is 1. The minimum atomic E-state index is -1.01. The zero-order chi connectivity index (χ0) is 22.8. The molecule has 0 N–H and O–H groups in total. The standard InChI is InChI=1S/C23H21BrClF3N4/c1-23(2,12-6-4-3-5-7-12)32-13-8-15(26)17(32)11-31(10-13)21-14-9-16(27)18(24)19(28)20(14)29-22(25)30-21/h3-7,9,13,15,17H,8,10-11H2,1-2H3. The van der Waals surface area contributed by atoms with E-state index in [4.69, 9.17) is 11.6 Å². The number of benzene rings is 2. The van der Waals surface area contributed by atoms with E-state index in [-0.39, 0.29) is 32.2 Å². The summed E-state index contributed by atoms with van der Waals surface area (Å²) in [6.07, 6.45) is -0.623. The quantitative estimate of drug-likeness (QED) is 0.317. The Hall–Kier alpha value is -1.90. The molecular weight excluding hydrogens is 505 g/mol. The van der Waals surface area contributed by atoms with Gasteiger partial charge in [0, 0.05) is 30.1 Å². The predicted octanol–water partition coefficient (Wildman–Crippen LogP) is 5.86. The zero-order valence-electron chi connectivity index (χ0n) is 17.5. The summed E-state index contributed by atoms with van der Waals surface area (Å²) in [6, 6.07) is 10.8. The van der Waals surface area contributed by atoms with E-state index in [0.717, 1.165) is 5.56 Å². The molecule has 2 saturated heterocycles. The highest BCUT2D eigenvalue weighted by molar-refractivity contribution is 9.10. The predicted molar refractivity (Wildman–Crippen MR) is 123 cm³/mol. The van der Waals surface area contributed by atoms with Crippen LogP contribution in [0.25, 0.3) is 10.9 Å². The lowest BCUT2D eigenvalue weighted by Gasteiger charge is -2.49. The second-order valence-corrected chi connectivity index (χ2v) is 10.0. The Labute approximate surface area is 197 Å². The summed E-state index contributed by atoms with van der Waals surface area (Å²) in [6.45, 7) is 5.01. The molecule has 3 heterocycles. The lowest BCUT2D eigenvalue weighted by Crippen LogP contribution is -2.60. The summed E-state index contributed by atoms with van der Waals surface area (Å²) in [5.41, 5.74) is 0.671. The normalized spacial score (nSPS) is 23.8. The highest BCUT2D eigenvalue weighted by Crippen LogP contribution is 2.44. The Bertz CT molecular complexity index is 1190. The Morgan fingerprint density at radius 2 is 1.84 bits per heavy atom. The van der Waals surface area contributed by atoms with E-state index in [9.17, 15) is 8.78 Å². The van der Waals surface area contributed by atoms with Crippen LogP contribution in [0.2, 0.25) is 5.28 Å². The van der Waals surface area contributed by atoms with E-state index >= 15 is 4.39 Å². The van der Waals surface area contributed by atoms with Crippen LogP contribution in [0.15, 0.2) is 40.9 Å². The van der Waals surface area contributed by atoms with E-state index in [1.807, 2.05) is 23.1 Å². The molecule has 4 nitrogen and oxygen atoms in total. The number of nitrogens with zero attached hydrogens (tertiary/aromatic N) is 4. The van der Waals surface area contributed by atoms with Crippen molar-refractivity contribution in [2.45, 2.75) is 44.1 Å². The minimum absolute atomic E-state index is 0.0653. The van der Waals surface area contributed by atoms with Crippen LogP contribution in [0, 0.1) is 11.6 Å². The number of aromatic nitrogens is 2. The van der Waals surface area contributed by atoms with Gasteiger partial charge in [-0.15, -0.1) is 0 Å². The monoisotopic (exact) mass is 524 g/mol. The molecule has 2 fully saturated rings. The molecule has 2 bridgehead atoms. The number of hydrogen-bond acceptors (Lipinski definition) is 4. The van der Waals surface area contributed by atoms with Gasteiger partial charge in [-0.2, -0.15) is 4.98 Å². The molecule has 2 aromatic carbocycles. The highest BCUT2D eigenvalue weighted by atomic mass is 79.9. The van der Waals surface area contributed by atoms with E-state index in [2.05, 4.69) is 56.8 Å². The van der Waals surface area contributed by atoms with Crippen molar-refractivity contribution in [3.8, 4) is 0 Å². The molecule has 32 heavy (non-hydrogen) atoms. The summed E-state index contributed by atoms with van der Waals surface area (Å²) < 4.78 is 43.9. The molecular formula is C23H21BrClF3N4. The fraction of sp³-hybridized carbons (Fsp3) is 0.391. The van der Waals surface area contributed by atoms with Crippen molar-refractivity contribution in [3.05, 3.63) is 63.4 Å². The van der Waals surface area contributed by atoms with Gasteiger partial charge in [0.2, 0.25) is 5.28 Å². The van der Waals surface area contributed by atoms with Crippen LogP contribution >= 0.6 is 27.5 Å². The maximum absolute atomic E-state index is 15.2. The maximum atomic E-state index is 15.2. The first-order valence-electron chi connectivity index (χ1n) is 10.4. The third-order valence-electron chi connectivity index (χ3n) is 6.71. The van der Waals surface area contributed by atoms with Gasteiger partial charge in [0.05, 0.1) is 10.5 Å². The van der Waals surface area contributed by atoms with Crippen molar-refractivity contribution in [1.29, 1.82) is 0 Å². The summed E-state index contributed by atoms with van der Waals surface area (Å²) in [5, 5.41) is 0.0827. The fourth-order valence-electron chi connectivity index (χ4n) is 5.31. The average Bonchev–Trinajstić information content (AvgIpc) is 2.98. The van der Waals surface area contributed by atoms with Crippen molar-refractivity contribution in [2.75, 3.05) is 18.0 Å². The summed E-state index contributed by atoms with van der Waals surface area (Å²) in [7, 11) is 0. The molecule has 0 spiro atoms. The number of hydrogen-bond donors (Lipinski definition) is 0. The van der Waals surface area contributed by atoms with Crippen LogP contribution in [0.4, 0.5) is 19.0 Å². The summed E-state index contributed by atoms with van der Waals surface area (Å²) >= 11 is 9.01. The fourth-order valence-corrected chi connectivity index (χ4v) is 5.77. The van der Waals surface area contributed by atoms with Crippen LogP contribution in [-0.4, -0.2) is 46.2 Å². The largest absolute Gasteiger partial charge is 0.353 e. The van der Waals surface area contributed by atoms with E-state index in [1.54, 1.807) is 0 Å². The molecule has 0 radical (unpaired) electrons. The average molecular weight is 526 g/mol. The number of anilines is 1. The van der Waals surface area contributed by atoms with E-state index < -0.39 is 23.8 Å². The van der Waals surface area contributed by atoms with E-state index in [1.165, 1.54) is 6.07 Å². The van der Waals surface area contributed by atoms with Crippen LogP contribution < -0.4 is 4.90 Å². The minimum Gasteiger partial charge on any atom is -0.353 e. The van der Waals surface area contributed by atoms with Crippen molar-refractivity contribution < 1.29 is 13.2 Å². The molecule has 3 aromatic rings. The van der Waals surface area contributed by atoms with Crippen molar-refractivity contribution in [1.82, 2.24) is 14.9 Å². The molecule has 9 heteroatoms. The number of halogens is 5. The van der Waals surface area contributed by atoms with Gasteiger partial charge in [-0.25, -0.2) is 18.2 Å². The van der Waals surface area contributed by atoms with Gasteiger partial charge in [0.1, 0.15) is 23.3 Å². The summed E-state index contributed by atoms with van der Waals surface area (Å²) in [4.78, 5) is 12.4. The molecule has 2 aliphatic heterocycles. The molecule has 5 rings (SSSR count). The highest BCUT2D eigenvalue weighted by Gasteiger charge is 2.52. The van der Waals surface area contributed by atoms with Gasteiger partial charge in [0.25, 0.3) is 0 Å². The van der Waals surface area contributed by atoms with Crippen molar-refractivity contribution in [3.63, 3.8) is 0 Å². The van der Waals surface area contributed by atoms with Gasteiger partial charge in [-0.1, -0.05) is 30.3 Å². The maximum Gasteiger partial charge on any atom is 0.225 e. The Balaban J connectivity index is 1.55. The first-order valence-corrected chi connectivity index (χ1v) is 11.6. The zero-order valence-corrected chi connectivity index (χ0v) is 19.8. The number of rotatable bonds is 3. The van der Waals surface area contributed by atoms with Crippen LogP contribution in [0.3, 0.4) is 0 Å². The third kappa shape index (κ3) is 3.38. The molecule has 0 amide bonds. The second-order valence-electron chi connectivity index (χ2n) is 8.91. The Morgan fingerprint density at radius 1 is 1.12 bits per heavy atom. The van der Waals surface area contributed by atoms with Crippen molar-refractivity contribution >= 4 is 44.3 Å². The first-order chi connectivity index (χ1) is 15.2. The topological polar surface area (TPSA) is 32.3 Å². The van der Waals surface area contributed by atoms with E-state index in [0.29, 0.717) is 25.3 Å². The first kappa shape index (κ1) is 21.9. The number of piperazine rings is 1.